The molecule has 2 heterocycles. The fourth-order valence-electron chi connectivity index (χ4n) is 5.05. The van der Waals surface area contributed by atoms with Gasteiger partial charge in [0.25, 0.3) is 0 Å². The molecule has 4 N–H and O–H groups in total. The largest absolute Gasteiger partial charge is 0.478 e. The average Bonchev–Trinajstić information content (AvgIpc) is 2.84. The van der Waals surface area contributed by atoms with Gasteiger partial charge in [-0.05, 0) is 69.2 Å². The van der Waals surface area contributed by atoms with Gasteiger partial charge in [-0.1, -0.05) is 18.2 Å². The number of isocyanates is 1. The van der Waals surface area contributed by atoms with Crippen LogP contribution in [0.2, 0.25) is 0 Å². The quantitative estimate of drug-likeness (QED) is 0.339. The standard InChI is InChI=1S/C23H32N4O6S/c24-23(22(30)31,26-16-28)21(34(32,33)19-6-2-1-3-7-19)18-5-4-14-27(15-18)20(29)9-8-17-10-12-25-13-11-17/h1-3,6-7,17-18,21,25H,4-5,8-15,24H2,(H,30,31). The number of sulfone groups is 1. The molecule has 0 aromatic heterocycles. The smallest absolute Gasteiger partial charge is 0.348 e. The van der Waals surface area contributed by atoms with E-state index in [1.807, 2.05) is 0 Å². The van der Waals surface area contributed by atoms with Gasteiger partial charge in [0.15, 0.2) is 9.84 Å². The molecule has 34 heavy (non-hydrogen) atoms. The molecule has 186 valence electrons. The lowest BCUT2D eigenvalue weighted by Gasteiger charge is -2.40. The van der Waals surface area contributed by atoms with Gasteiger partial charge in [-0.3, -0.25) is 10.5 Å². The number of benzene rings is 1. The number of carboxylic acid groups (broad SMARTS) is 1. The maximum Gasteiger partial charge on any atom is 0.348 e. The van der Waals surface area contributed by atoms with Crippen LogP contribution in [0, 0.1) is 11.8 Å². The van der Waals surface area contributed by atoms with E-state index in [9.17, 15) is 27.9 Å². The van der Waals surface area contributed by atoms with Crippen LogP contribution < -0.4 is 11.1 Å². The molecule has 2 fully saturated rings. The van der Waals surface area contributed by atoms with Crippen LogP contribution in [0.5, 0.6) is 0 Å². The maximum atomic E-state index is 13.6. The lowest BCUT2D eigenvalue weighted by molar-refractivity contribution is -0.143. The number of carboxylic acids is 1. The summed E-state index contributed by atoms with van der Waals surface area (Å²) in [6.45, 7) is 2.37. The second-order valence-corrected chi connectivity index (χ2v) is 11.2. The summed E-state index contributed by atoms with van der Waals surface area (Å²) in [6.07, 6.45) is 5.12. The molecule has 2 saturated heterocycles. The van der Waals surface area contributed by atoms with Gasteiger partial charge in [-0.2, -0.15) is 4.99 Å². The molecule has 0 bridgehead atoms. The number of carbonyl (C=O) groups is 2. The Morgan fingerprint density at radius 3 is 2.53 bits per heavy atom. The predicted octanol–water partition coefficient (Wildman–Crippen LogP) is 0.923. The first-order valence-electron chi connectivity index (χ1n) is 11.6. The summed E-state index contributed by atoms with van der Waals surface area (Å²) in [7, 11) is -4.33. The monoisotopic (exact) mass is 492 g/mol. The number of piperidine rings is 2. The molecule has 3 atom stereocenters. The van der Waals surface area contributed by atoms with Gasteiger partial charge >= 0.3 is 5.97 Å². The van der Waals surface area contributed by atoms with Crippen LogP contribution in [0.4, 0.5) is 0 Å². The van der Waals surface area contributed by atoms with E-state index >= 15 is 0 Å². The molecule has 10 nitrogen and oxygen atoms in total. The van der Waals surface area contributed by atoms with Crippen molar-refractivity contribution in [3.63, 3.8) is 0 Å². The third kappa shape index (κ3) is 5.72. The first-order chi connectivity index (χ1) is 16.2. The molecule has 1 amide bonds. The fraction of sp³-hybridized carbons (Fsp3) is 0.609. The van der Waals surface area contributed by atoms with Crippen molar-refractivity contribution >= 4 is 27.8 Å². The summed E-state index contributed by atoms with van der Waals surface area (Å²) in [5, 5.41) is 11.4. The van der Waals surface area contributed by atoms with E-state index < -0.39 is 32.6 Å². The third-order valence-electron chi connectivity index (χ3n) is 6.88. The van der Waals surface area contributed by atoms with E-state index in [1.165, 1.54) is 24.3 Å². The Morgan fingerprint density at radius 2 is 1.91 bits per heavy atom. The average molecular weight is 493 g/mol. The number of nitrogens with zero attached hydrogens (tertiary/aromatic N) is 2. The number of nitrogens with one attached hydrogen (secondary N) is 1. The molecule has 1 aromatic carbocycles. The topological polar surface area (TPSA) is 159 Å². The van der Waals surface area contributed by atoms with Gasteiger partial charge in [0.1, 0.15) is 5.25 Å². The van der Waals surface area contributed by atoms with Crippen molar-refractivity contribution in [2.24, 2.45) is 22.6 Å². The number of hydrogen-bond donors (Lipinski definition) is 3. The predicted molar refractivity (Wildman–Crippen MR) is 124 cm³/mol. The van der Waals surface area contributed by atoms with Gasteiger partial charge in [0, 0.05) is 19.5 Å². The van der Waals surface area contributed by atoms with Crippen LogP contribution in [0.25, 0.3) is 0 Å². The maximum absolute atomic E-state index is 13.6. The molecule has 0 aliphatic carbocycles. The fourth-order valence-corrected chi connectivity index (χ4v) is 7.24. The SMILES string of the molecule is NC(N=C=O)(C(=O)O)C(C1CCCN(C(=O)CCC2CCNCC2)C1)S(=O)(=O)c1ccccc1. The summed E-state index contributed by atoms with van der Waals surface area (Å²) < 4.78 is 27.2. The zero-order valence-electron chi connectivity index (χ0n) is 19.1. The third-order valence-corrected chi connectivity index (χ3v) is 9.22. The van der Waals surface area contributed by atoms with Crippen LogP contribution in [-0.2, 0) is 24.2 Å². The van der Waals surface area contributed by atoms with Gasteiger partial charge < -0.3 is 15.3 Å². The first kappa shape index (κ1) is 26.0. The molecular formula is C23H32N4O6S. The Hall–Kier alpha value is -2.59. The summed E-state index contributed by atoms with van der Waals surface area (Å²) in [5.41, 5.74) is 3.28. The van der Waals surface area contributed by atoms with Gasteiger partial charge in [0.05, 0.1) is 4.90 Å². The Morgan fingerprint density at radius 1 is 1.24 bits per heavy atom. The Labute approximate surface area is 199 Å². The van der Waals surface area contributed by atoms with E-state index in [0.717, 1.165) is 38.4 Å². The molecule has 3 rings (SSSR count). The Kier molecular flexibility index (Phi) is 8.59. The second kappa shape index (κ2) is 11.2. The summed E-state index contributed by atoms with van der Waals surface area (Å²) >= 11 is 0. The van der Waals surface area contributed by atoms with E-state index in [2.05, 4.69) is 10.3 Å². The lowest BCUT2D eigenvalue weighted by Crippen LogP contribution is -2.63. The number of hydrogen-bond acceptors (Lipinski definition) is 8. The van der Waals surface area contributed by atoms with Crippen LogP contribution >= 0.6 is 0 Å². The van der Waals surface area contributed by atoms with Crippen LogP contribution in [-0.4, -0.2) is 73.5 Å². The number of aliphatic imine (C=N–C) groups is 1. The van der Waals surface area contributed by atoms with Crippen molar-refractivity contribution < 1.29 is 27.9 Å². The summed E-state index contributed by atoms with van der Waals surface area (Å²) in [6, 6.07) is 7.36. The van der Waals surface area contributed by atoms with Crippen molar-refractivity contribution in [2.75, 3.05) is 26.2 Å². The number of rotatable bonds is 9. The van der Waals surface area contributed by atoms with E-state index in [-0.39, 0.29) is 17.3 Å². The normalized spacial score (nSPS) is 22.3. The lowest BCUT2D eigenvalue weighted by atomic mass is 9.87. The molecule has 11 heteroatoms. The highest BCUT2D eigenvalue weighted by Crippen LogP contribution is 2.35. The van der Waals surface area contributed by atoms with E-state index in [1.54, 1.807) is 11.0 Å². The van der Waals surface area contributed by atoms with Crippen LogP contribution in [0.1, 0.15) is 38.5 Å². The summed E-state index contributed by atoms with van der Waals surface area (Å²) in [4.78, 5) is 40.9. The molecule has 2 aliphatic rings. The van der Waals surface area contributed by atoms with Crippen LogP contribution in [0.3, 0.4) is 0 Å². The minimum absolute atomic E-state index is 0.0302. The highest BCUT2D eigenvalue weighted by Gasteiger charge is 2.55. The van der Waals surface area contributed by atoms with Crippen molar-refractivity contribution in [1.82, 2.24) is 10.2 Å². The molecule has 1 aromatic rings. The number of aliphatic carboxylic acids is 1. The van der Waals surface area contributed by atoms with Crippen molar-refractivity contribution in [3.8, 4) is 0 Å². The van der Waals surface area contributed by atoms with Gasteiger partial charge in [0.2, 0.25) is 17.6 Å². The van der Waals surface area contributed by atoms with Crippen molar-refractivity contribution in [3.05, 3.63) is 30.3 Å². The second-order valence-electron chi connectivity index (χ2n) is 9.09. The summed E-state index contributed by atoms with van der Waals surface area (Å²) in [5.74, 6) is -2.17. The zero-order valence-corrected chi connectivity index (χ0v) is 19.9. The van der Waals surface area contributed by atoms with E-state index in [0.29, 0.717) is 31.7 Å². The van der Waals surface area contributed by atoms with Crippen LogP contribution in [0.15, 0.2) is 40.2 Å². The Bertz CT molecular complexity index is 1020. The van der Waals surface area contributed by atoms with Crippen molar-refractivity contribution in [1.29, 1.82) is 0 Å². The van der Waals surface area contributed by atoms with Gasteiger partial charge in [-0.25, -0.2) is 18.0 Å². The Balaban J connectivity index is 1.87. The zero-order chi connectivity index (χ0) is 24.8. The molecule has 0 radical (unpaired) electrons. The number of nitrogens with two attached hydrogens (primary N) is 1. The minimum atomic E-state index is -4.33. The minimum Gasteiger partial charge on any atom is -0.478 e. The van der Waals surface area contributed by atoms with Gasteiger partial charge in [-0.15, -0.1) is 0 Å². The highest BCUT2D eigenvalue weighted by atomic mass is 32.2. The van der Waals surface area contributed by atoms with E-state index in [4.69, 9.17) is 5.73 Å². The number of carbonyl (C=O) groups excluding carboxylic acids is 2. The first-order valence-corrected chi connectivity index (χ1v) is 13.1. The molecule has 2 aliphatic heterocycles. The molecular weight excluding hydrogens is 460 g/mol. The van der Waals surface area contributed by atoms with Crippen molar-refractivity contribution in [2.45, 2.75) is 54.3 Å². The molecule has 0 saturated carbocycles. The highest BCUT2D eigenvalue weighted by molar-refractivity contribution is 7.92. The molecule has 0 spiro atoms. The molecule has 3 unspecified atom stereocenters. The number of amides is 1. The number of likely N-dealkylation sites (tertiary alicyclic amines) is 1.